The molecule has 5 heteroatoms. The zero-order valence-electron chi connectivity index (χ0n) is 10.3. The second kappa shape index (κ2) is 3.38. The van der Waals surface area contributed by atoms with E-state index in [0.29, 0.717) is 0 Å². The Balaban J connectivity index is 2.22. The van der Waals surface area contributed by atoms with Crippen LogP contribution in [-0.2, 0) is 6.54 Å². The normalized spacial score (nSPS) is 14.1. The van der Waals surface area contributed by atoms with Gasteiger partial charge in [0.15, 0.2) is 5.52 Å². The van der Waals surface area contributed by atoms with Crippen molar-refractivity contribution in [1.29, 1.82) is 0 Å². The number of thiophene rings is 1. The average molecular weight is 257 g/mol. The van der Waals surface area contributed by atoms with E-state index >= 15 is 0 Å². The van der Waals surface area contributed by atoms with Gasteiger partial charge in [0.1, 0.15) is 16.1 Å². The summed E-state index contributed by atoms with van der Waals surface area (Å²) in [5, 5.41) is 4.65. The van der Waals surface area contributed by atoms with Crippen molar-refractivity contribution in [2.75, 3.05) is 11.9 Å². The summed E-state index contributed by atoms with van der Waals surface area (Å²) in [6.45, 7) is 6.17. The number of aromatic nitrogens is 3. The zero-order chi connectivity index (χ0) is 12.3. The molecule has 0 bridgehead atoms. The number of anilines is 1. The highest BCUT2D eigenvalue weighted by Gasteiger charge is 2.24. The van der Waals surface area contributed by atoms with Crippen molar-refractivity contribution in [2.45, 2.75) is 20.4 Å². The van der Waals surface area contributed by atoms with Gasteiger partial charge in [-0.05, 0) is 25.5 Å². The Hall–Kier alpha value is -1.75. The number of nitrogens with one attached hydrogen (secondary N) is 1. The van der Waals surface area contributed by atoms with Crippen LogP contribution in [0.2, 0.25) is 0 Å². The van der Waals surface area contributed by atoms with Gasteiger partial charge in [-0.1, -0.05) is 0 Å². The monoisotopic (exact) mass is 257 g/mol. The SMILES string of the molecule is Cc1cc(C)c2c(n1)sc1c3[n+](cnc12)CCN3. The quantitative estimate of drug-likeness (QED) is 0.628. The Morgan fingerprint density at radius 3 is 3.17 bits per heavy atom. The van der Waals surface area contributed by atoms with Gasteiger partial charge < -0.3 is 5.32 Å². The lowest BCUT2D eigenvalue weighted by molar-refractivity contribution is -0.672. The minimum Gasteiger partial charge on any atom is -0.301 e. The van der Waals surface area contributed by atoms with Crippen molar-refractivity contribution in [3.63, 3.8) is 0 Å². The second-order valence-corrected chi connectivity index (χ2v) is 5.75. The first kappa shape index (κ1) is 10.2. The largest absolute Gasteiger partial charge is 0.301 e. The molecule has 4 heterocycles. The maximum Gasteiger partial charge on any atom is 0.242 e. The van der Waals surface area contributed by atoms with Crippen LogP contribution in [0.15, 0.2) is 12.4 Å². The van der Waals surface area contributed by atoms with Gasteiger partial charge in [-0.2, -0.15) is 0 Å². The number of fused-ring (bicyclic) bond motifs is 5. The highest BCUT2D eigenvalue weighted by molar-refractivity contribution is 7.25. The summed E-state index contributed by atoms with van der Waals surface area (Å²) in [4.78, 5) is 10.4. The Morgan fingerprint density at radius 1 is 1.39 bits per heavy atom. The molecule has 0 atom stereocenters. The summed E-state index contributed by atoms with van der Waals surface area (Å²) >= 11 is 1.74. The van der Waals surface area contributed by atoms with Gasteiger partial charge in [-0.3, -0.25) is 0 Å². The molecule has 0 amide bonds. The van der Waals surface area contributed by atoms with Gasteiger partial charge >= 0.3 is 0 Å². The fourth-order valence-corrected chi connectivity index (χ4v) is 3.95. The van der Waals surface area contributed by atoms with E-state index in [-0.39, 0.29) is 0 Å². The molecule has 0 radical (unpaired) electrons. The minimum atomic E-state index is 0.987. The molecule has 3 aromatic rings. The summed E-state index contributed by atoms with van der Waals surface area (Å²) in [7, 11) is 0. The molecule has 0 saturated carbocycles. The molecule has 18 heavy (non-hydrogen) atoms. The molecular formula is C13H13N4S+. The van der Waals surface area contributed by atoms with Crippen LogP contribution in [0.1, 0.15) is 11.3 Å². The van der Waals surface area contributed by atoms with E-state index in [1.54, 1.807) is 11.3 Å². The standard InChI is InChI=1S/C13H12N4S/c1-7-5-8(2)16-13-9(7)10-11(18-13)12-14-3-4-17(12)6-15-10/h5-6H,3-4H2,1-2H3/p+1. The molecule has 1 N–H and O–H groups in total. The van der Waals surface area contributed by atoms with Crippen molar-refractivity contribution in [3.8, 4) is 0 Å². The Morgan fingerprint density at radius 2 is 2.28 bits per heavy atom. The lowest BCUT2D eigenvalue weighted by atomic mass is 10.1. The van der Waals surface area contributed by atoms with Gasteiger partial charge in [0.05, 0.1) is 11.9 Å². The third-order valence-corrected chi connectivity index (χ3v) is 4.52. The lowest BCUT2D eigenvalue weighted by Crippen LogP contribution is -2.30. The van der Waals surface area contributed by atoms with E-state index < -0.39 is 0 Å². The lowest BCUT2D eigenvalue weighted by Gasteiger charge is -1.97. The Labute approximate surface area is 108 Å². The van der Waals surface area contributed by atoms with Crippen LogP contribution >= 0.6 is 11.3 Å². The molecule has 0 saturated heterocycles. The predicted molar refractivity (Wildman–Crippen MR) is 73.1 cm³/mol. The number of pyridine rings is 1. The molecule has 4 nitrogen and oxygen atoms in total. The van der Waals surface area contributed by atoms with E-state index in [0.717, 1.165) is 29.1 Å². The Kier molecular flexibility index (Phi) is 1.92. The van der Waals surface area contributed by atoms with Crippen molar-refractivity contribution in [2.24, 2.45) is 0 Å². The van der Waals surface area contributed by atoms with Crippen molar-refractivity contribution in [1.82, 2.24) is 9.97 Å². The van der Waals surface area contributed by atoms with E-state index in [1.165, 1.54) is 21.5 Å². The fraction of sp³-hybridized carbons (Fsp3) is 0.308. The zero-order valence-corrected chi connectivity index (χ0v) is 11.1. The third-order valence-electron chi connectivity index (χ3n) is 3.44. The molecule has 4 rings (SSSR count). The molecule has 0 fully saturated rings. The number of rotatable bonds is 0. The van der Waals surface area contributed by atoms with Gasteiger partial charge in [0.25, 0.3) is 0 Å². The Bertz CT molecular complexity index is 791. The smallest absolute Gasteiger partial charge is 0.242 e. The topological polar surface area (TPSA) is 41.7 Å². The van der Waals surface area contributed by atoms with Gasteiger partial charge in [-0.25, -0.2) is 9.55 Å². The summed E-state index contributed by atoms with van der Waals surface area (Å²) in [6, 6.07) is 2.13. The first-order valence-corrected chi connectivity index (χ1v) is 6.88. The fourth-order valence-electron chi connectivity index (χ4n) is 2.67. The molecule has 1 aliphatic heterocycles. The highest BCUT2D eigenvalue weighted by Crippen LogP contribution is 2.36. The van der Waals surface area contributed by atoms with Gasteiger partial charge in [-0.15, -0.1) is 16.3 Å². The van der Waals surface area contributed by atoms with Crippen LogP contribution in [-0.4, -0.2) is 16.5 Å². The van der Waals surface area contributed by atoms with Crippen molar-refractivity contribution in [3.05, 3.63) is 23.7 Å². The molecule has 0 aliphatic carbocycles. The molecule has 0 aromatic carbocycles. The van der Waals surface area contributed by atoms with E-state index in [1.807, 2.05) is 13.3 Å². The third kappa shape index (κ3) is 1.22. The van der Waals surface area contributed by atoms with Crippen LogP contribution in [0.25, 0.3) is 20.4 Å². The minimum absolute atomic E-state index is 0.987. The number of nitrogens with zero attached hydrogens (tertiary/aromatic N) is 3. The van der Waals surface area contributed by atoms with Crippen LogP contribution in [0.3, 0.4) is 0 Å². The van der Waals surface area contributed by atoms with E-state index in [2.05, 4.69) is 32.8 Å². The summed E-state index contributed by atoms with van der Waals surface area (Å²) in [5.74, 6) is 1.19. The maximum atomic E-state index is 4.64. The molecule has 0 spiro atoms. The summed E-state index contributed by atoms with van der Waals surface area (Å²) in [5.41, 5.74) is 3.42. The summed E-state index contributed by atoms with van der Waals surface area (Å²) < 4.78 is 3.41. The predicted octanol–water partition coefficient (Wildman–Crippen LogP) is 2.17. The molecular weight excluding hydrogens is 244 g/mol. The molecule has 0 unspecified atom stereocenters. The van der Waals surface area contributed by atoms with Gasteiger partial charge in [0, 0.05) is 5.69 Å². The van der Waals surface area contributed by atoms with E-state index in [4.69, 9.17) is 0 Å². The van der Waals surface area contributed by atoms with Crippen molar-refractivity contribution < 1.29 is 4.57 Å². The number of aryl methyl sites for hydroxylation is 2. The maximum absolute atomic E-state index is 4.64. The highest BCUT2D eigenvalue weighted by atomic mass is 32.1. The van der Waals surface area contributed by atoms with Crippen LogP contribution in [0.4, 0.5) is 5.82 Å². The van der Waals surface area contributed by atoms with Crippen molar-refractivity contribution >= 4 is 37.6 Å². The molecule has 1 aliphatic rings. The number of hydrogen-bond acceptors (Lipinski definition) is 4. The second-order valence-electron chi connectivity index (χ2n) is 4.75. The van der Waals surface area contributed by atoms with Crippen LogP contribution in [0.5, 0.6) is 0 Å². The average Bonchev–Trinajstić information content (AvgIpc) is 2.89. The van der Waals surface area contributed by atoms with E-state index in [9.17, 15) is 0 Å². The molecule has 90 valence electrons. The molecule has 3 aromatic heterocycles. The van der Waals surface area contributed by atoms with Gasteiger partial charge in [0.2, 0.25) is 12.1 Å². The first-order valence-electron chi connectivity index (χ1n) is 6.07. The first-order chi connectivity index (χ1) is 8.74. The van der Waals surface area contributed by atoms with Crippen LogP contribution < -0.4 is 9.88 Å². The van der Waals surface area contributed by atoms with Crippen LogP contribution in [0, 0.1) is 13.8 Å². The number of hydrogen-bond donors (Lipinski definition) is 1. The summed E-state index contributed by atoms with van der Waals surface area (Å²) in [6.07, 6.45) is 1.93.